The zero-order valence-electron chi connectivity index (χ0n) is 15.7. The number of aromatic nitrogens is 1. The Labute approximate surface area is 179 Å². The molecule has 0 bridgehead atoms. The Morgan fingerprint density at radius 2 is 1.42 bits per heavy atom. The summed E-state index contributed by atoms with van der Waals surface area (Å²) in [5.41, 5.74) is -1.46. The van der Waals surface area contributed by atoms with Gasteiger partial charge in [-0.3, -0.25) is 0 Å². The van der Waals surface area contributed by atoms with Crippen molar-refractivity contribution in [3.63, 3.8) is 0 Å². The van der Waals surface area contributed by atoms with Crippen LogP contribution in [0.15, 0.2) is 84.6 Å². The Hall–Kier alpha value is -3.13. The highest BCUT2D eigenvalue weighted by molar-refractivity contribution is 6.59. The molecule has 2 aromatic carbocycles. The molecule has 0 saturated carbocycles. The SMILES string of the molecule is F[B-]1(F)n2c(ccc2-c2ccc(Cl)cc2)C(C(F)(F)F)=C2C=CC(c3ccccc3)=[N+]21. The summed E-state index contributed by atoms with van der Waals surface area (Å²) in [5.74, 6) is 0. The van der Waals surface area contributed by atoms with Crippen molar-refractivity contribution >= 4 is 29.9 Å². The molecule has 0 amide bonds. The molecule has 9 heteroatoms. The van der Waals surface area contributed by atoms with Crippen LogP contribution in [0.25, 0.3) is 16.8 Å². The highest BCUT2D eigenvalue weighted by Gasteiger charge is 2.58. The van der Waals surface area contributed by atoms with Crippen molar-refractivity contribution in [3.05, 3.63) is 101 Å². The second kappa shape index (κ2) is 6.69. The zero-order valence-corrected chi connectivity index (χ0v) is 16.5. The van der Waals surface area contributed by atoms with Gasteiger partial charge in [-0.25, -0.2) is 0 Å². The topological polar surface area (TPSA) is 7.94 Å². The number of hydrogen-bond donors (Lipinski definition) is 0. The molecule has 0 unspecified atom stereocenters. The summed E-state index contributed by atoms with van der Waals surface area (Å²) in [6, 6.07) is 16.6. The van der Waals surface area contributed by atoms with Gasteiger partial charge in [-0.05, 0) is 42.0 Å². The maximum atomic E-state index is 16.0. The first kappa shape index (κ1) is 19.8. The number of fused-ring (bicyclic) bond motifs is 2. The van der Waals surface area contributed by atoms with Gasteiger partial charge in [0.2, 0.25) is 0 Å². The lowest BCUT2D eigenvalue weighted by molar-refractivity contribution is -0.362. The molecule has 3 aromatic rings. The first-order chi connectivity index (χ1) is 14.7. The van der Waals surface area contributed by atoms with Crippen molar-refractivity contribution in [1.29, 1.82) is 0 Å². The molecule has 1 aromatic heterocycles. The van der Waals surface area contributed by atoms with Crippen molar-refractivity contribution in [3.8, 4) is 11.3 Å². The second-order valence-electron chi connectivity index (χ2n) is 7.28. The standard InChI is InChI=1S/C22H13BClF5N2/c24-16-8-6-15(7-9-16)18-11-13-20-21(22(25,26)27)19-12-10-17(14-4-2-1-3-5-14)30(19)23(28,29)31(18)20/h1-13H. The van der Waals surface area contributed by atoms with Crippen LogP contribution in [0.2, 0.25) is 5.02 Å². The van der Waals surface area contributed by atoms with E-state index in [2.05, 4.69) is 0 Å². The Kier molecular flexibility index (Phi) is 4.27. The molecular formula is C22H13BClF5N2. The zero-order chi connectivity index (χ0) is 22.0. The van der Waals surface area contributed by atoms with Gasteiger partial charge in [-0.2, -0.15) is 13.2 Å². The van der Waals surface area contributed by atoms with Crippen molar-refractivity contribution < 1.29 is 26.3 Å². The second-order valence-corrected chi connectivity index (χ2v) is 7.72. The highest BCUT2D eigenvalue weighted by atomic mass is 35.5. The first-order valence-electron chi connectivity index (χ1n) is 9.41. The fourth-order valence-corrected chi connectivity index (χ4v) is 4.34. The maximum absolute atomic E-state index is 16.0. The molecule has 0 atom stereocenters. The van der Waals surface area contributed by atoms with Crippen LogP contribution in [0.4, 0.5) is 21.8 Å². The normalized spacial score (nSPS) is 17.2. The molecule has 0 saturated heterocycles. The molecule has 2 nitrogen and oxygen atoms in total. The largest absolute Gasteiger partial charge is 0.737 e. The van der Waals surface area contributed by atoms with Crippen molar-refractivity contribution in [2.45, 2.75) is 6.18 Å². The Morgan fingerprint density at radius 3 is 2.06 bits per heavy atom. The van der Waals surface area contributed by atoms with Gasteiger partial charge in [0.05, 0.1) is 0 Å². The van der Waals surface area contributed by atoms with Crippen molar-refractivity contribution in [2.75, 3.05) is 0 Å². The number of halogens is 6. The Bertz CT molecular complexity index is 1290. The molecule has 0 spiro atoms. The summed E-state index contributed by atoms with van der Waals surface area (Å²) in [5, 5.41) is 0.396. The van der Waals surface area contributed by atoms with Gasteiger partial charge in [0.25, 0.3) is 0 Å². The van der Waals surface area contributed by atoms with E-state index in [1.54, 1.807) is 30.3 Å². The lowest BCUT2D eigenvalue weighted by Gasteiger charge is -2.33. The van der Waals surface area contributed by atoms with E-state index in [1.807, 2.05) is 0 Å². The van der Waals surface area contributed by atoms with Crippen LogP contribution < -0.4 is 0 Å². The quantitative estimate of drug-likeness (QED) is 0.318. The summed E-state index contributed by atoms with van der Waals surface area (Å²) >= 11 is 5.89. The molecule has 156 valence electrons. The van der Waals surface area contributed by atoms with Crippen LogP contribution >= 0.6 is 11.6 Å². The van der Waals surface area contributed by atoms with Gasteiger partial charge in [-0.15, -0.1) is 0 Å². The number of alkyl halides is 3. The molecule has 5 rings (SSSR count). The lowest BCUT2D eigenvalue weighted by atomic mass is 9.86. The van der Waals surface area contributed by atoms with Crippen molar-refractivity contribution in [2.24, 2.45) is 0 Å². The van der Waals surface area contributed by atoms with Crippen LogP contribution in [0.1, 0.15) is 11.3 Å². The monoisotopic (exact) mass is 446 g/mol. The molecular weight excluding hydrogens is 434 g/mol. The molecule has 2 aliphatic rings. The van der Waals surface area contributed by atoms with E-state index in [1.165, 1.54) is 36.4 Å². The van der Waals surface area contributed by atoms with E-state index in [9.17, 15) is 13.2 Å². The van der Waals surface area contributed by atoms with E-state index in [-0.39, 0.29) is 11.4 Å². The smallest absolute Gasteiger partial charge is 0.389 e. The van der Waals surface area contributed by atoms with E-state index >= 15 is 8.63 Å². The summed E-state index contributed by atoms with van der Waals surface area (Å²) in [4.78, 5) is 0. The molecule has 3 heterocycles. The fourth-order valence-electron chi connectivity index (χ4n) is 4.21. The van der Waals surface area contributed by atoms with E-state index in [0.29, 0.717) is 25.1 Å². The van der Waals surface area contributed by atoms with Gasteiger partial charge >= 0.3 is 13.1 Å². The maximum Gasteiger partial charge on any atom is 0.737 e. The number of nitrogens with zero attached hydrogens (tertiary/aromatic N) is 2. The predicted molar refractivity (Wildman–Crippen MR) is 111 cm³/mol. The van der Waals surface area contributed by atoms with Crippen LogP contribution in [0, 0.1) is 0 Å². The molecule has 0 radical (unpaired) electrons. The first-order valence-corrected chi connectivity index (χ1v) is 9.78. The minimum absolute atomic E-state index is 0.0169. The number of rotatable bonds is 2. The molecule has 2 aliphatic heterocycles. The lowest BCUT2D eigenvalue weighted by Crippen LogP contribution is -2.52. The van der Waals surface area contributed by atoms with E-state index < -0.39 is 30.1 Å². The van der Waals surface area contributed by atoms with Gasteiger partial charge in [-0.1, -0.05) is 41.9 Å². The minimum Gasteiger partial charge on any atom is -0.389 e. The highest BCUT2D eigenvalue weighted by Crippen LogP contribution is 2.46. The molecule has 0 fully saturated rings. The van der Waals surface area contributed by atoms with Gasteiger partial charge in [0.1, 0.15) is 5.57 Å². The number of hydrogen-bond acceptors (Lipinski definition) is 0. The fraction of sp³-hybridized carbons (Fsp3) is 0.0455. The molecule has 0 aliphatic carbocycles. The van der Waals surface area contributed by atoms with Gasteiger partial charge in [0, 0.05) is 34.1 Å². The number of allylic oxidation sites excluding steroid dienone is 3. The minimum atomic E-state index is -4.83. The van der Waals surface area contributed by atoms with Crippen LogP contribution in [0.5, 0.6) is 0 Å². The van der Waals surface area contributed by atoms with Crippen LogP contribution in [-0.4, -0.2) is 27.8 Å². The molecule has 0 N–H and O–H groups in total. The third kappa shape index (κ3) is 2.97. The summed E-state index contributed by atoms with van der Waals surface area (Å²) in [6.45, 7) is -4.62. The van der Waals surface area contributed by atoms with Gasteiger partial charge in [0.15, 0.2) is 11.4 Å². The number of benzene rings is 2. The third-order valence-electron chi connectivity index (χ3n) is 5.46. The van der Waals surface area contributed by atoms with Crippen molar-refractivity contribution in [1.82, 2.24) is 4.48 Å². The molecule has 31 heavy (non-hydrogen) atoms. The Balaban J connectivity index is 1.85. The Morgan fingerprint density at radius 1 is 0.774 bits per heavy atom. The average Bonchev–Trinajstić information content (AvgIpc) is 3.35. The van der Waals surface area contributed by atoms with E-state index in [4.69, 9.17) is 11.6 Å². The summed E-state index contributed by atoms with van der Waals surface area (Å²) in [6.07, 6.45) is -2.41. The average molecular weight is 447 g/mol. The van der Waals surface area contributed by atoms with Gasteiger partial charge < -0.3 is 17.6 Å². The van der Waals surface area contributed by atoms with E-state index in [0.717, 1.165) is 12.1 Å². The summed E-state index contributed by atoms with van der Waals surface area (Å²) < 4.78 is 75.3. The third-order valence-corrected chi connectivity index (χ3v) is 5.71. The predicted octanol–water partition coefficient (Wildman–Crippen LogP) is 6.39. The van der Waals surface area contributed by atoms with Crippen LogP contribution in [-0.2, 0) is 0 Å². The van der Waals surface area contributed by atoms with Crippen LogP contribution in [0.3, 0.4) is 0 Å². The summed E-state index contributed by atoms with van der Waals surface area (Å²) in [7, 11) is 0.